The Labute approximate surface area is 273 Å². The van der Waals surface area contributed by atoms with Crippen molar-refractivity contribution < 1.29 is 14.7 Å². The monoisotopic (exact) mass is 641 g/mol. The van der Waals surface area contributed by atoms with Gasteiger partial charge in [0.05, 0.1) is 33.8 Å². The van der Waals surface area contributed by atoms with E-state index in [0.717, 1.165) is 48.2 Å². The van der Waals surface area contributed by atoms with Crippen molar-refractivity contribution in [3.05, 3.63) is 64.9 Å². The minimum absolute atomic E-state index is 0.0521. The number of likely N-dealkylation sites (tertiary alicyclic amines) is 1. The van der Waals surface area contributed by atoms with Crippen LogP contribution in [0.5, 0.6) is 0 Å². The number of piperidine rings is 1. The second-order valence-corrected chi connectivity index (χ2v) is 13.6. The fourth-order valence-electron chi connectivity index (χ4n) is 7.21. The van der Waals surface area contributed by atoms with Crippen molar-refractivity contribution in [2.75, 3.05) is 30.4 Å². The van der Waals surface area contributed by atoms with Crippen LogP contribution in [0.3, 0.4) is 0 Å². The maximum Gasteiger partial charge on any atom is 0.263 e. The summed E-state index contributed by atoms with van der Waals surface area (Å²) in [6.45, 7) is 8.02. The number of hydrogen-bond acceptors (Lipinski definition) is 7. The number of rotatable bonds is 7. The van der Waals surface area contributed by atoms with Gasteiger partial charge in [-0.3, -0.25) is 9.59 Å². The molecule has 240 valence electrons. The lowest BCUT2D eigenvalue weighted by Gasteiger charge is -2.47. The topological polar surface area (TPSA) is 116 Å². The van der Waals surface area contributed by atoms with Gasteiger partial charge in [0, 0.05) is 42.0 Å². The van der Waals surface area contributed by atoms with Gasteiger partial charge in [-0.1, -0.05) is 30.2 Å². The summed E-state index contributed by atoms with van der Waals surface area (Å²) in [7, 11) is 1.57. The van der Waals surface area contributed by atoms with Crippen LogP contribution in [0.25, 0.3) is 22.3 Å². The lowest BCUT2D eigenvalue weighted by molar-refractivity contribution is -0.135. The molecule has 0 spiro atoms. The zero-order chi connectivity index (χ0) is 32.3. The van der Waals surface area contributed by atoms with E-state index < -0.39 is 5.60 Å². The predicted octanol–water partition coefficient (Wildman–Crippen LogP) is 6.01. The SMILES string of the molecule is CNC(=O)c1cc(Nc2nc(-c3ccc4c(c3)N(C3CC(N5CCCCC5)C3)C(=O)C4(C)O)cc3ncn(C(C)C)c23)ccc1Cl. The summed E-state index contributed by atoms with van der Waals surface area (Å²) in [5.41, 5.74) is 3.86. The summed E-state index contributed by atoms with van der Waals surface area (Å²) in [4.78, 5) is 40.3. The lowest BCUT2D eigenvalue weighted by Crippen LogP contribution is -2.57. The number of hydrogen-bond donors (Lipinski definition) is 3. The van der Waals surface area contributed by atoms with Crippen LogP contribution in [0, 0.1) is 0 Å². The van der Waals surface area contributed by atoms with E-state index in [1.807, 2.05) is 35.2 Å². The molecule has 4 heterocycles. The minimum Gasteiger partial charge on any atom is -0.375 e. The third kappa shape index (κ3) is 5.12. The highest BCUT2D eigenvalue weighted by atomic mass is 35.5. The standard InChI is InChI=1S/C35H40ClN7O3/c1-20(2)42-19-38-29-18-28(40-32(31(29)42)39-22-9-11-27(36)25(15-22)33(44)37-4)21-8-10-26-30(14-21)43(34(45)35(26,3)46)24-16-23(17-24)41-12-6-5-7-13-41/h8-11,14-15,18-20,23-24,46H,5-7,12-13,16-17H2,1-4H3,(H,37,44)(H,39,40). The number of benzene rings is 2. The molecule has 0 radical (unpaired) electrons. The number of anilines is 3. The molecule has 1 saturated carbocycles. The normalized spacial score (nSPS) is 23.1. The molecule has 1 saturated heterocycles. The minimum atomic E-state index is -1.58. The third-order valence-corrected chi connectivity index (χ3v) is 10.2. The van der Waals surface area contributed by atoms with Gasteiger partial charge in [-0.25, -0.2) is 9.97 Å². The van der Waals surface area contributed by atoms with Gasteiger partial charge < -0.3 is 30.1 Å². The van der Waals surface area contributed by atoms with Gasteiger partial charge in [0.2, 0.25) is 0 Å². The Balaban J connectivity index is 1.26. The molecule has 2 amide bonds. The Morgan fingerprint density at radius 2 is 1.83 bits per heavy atom. The molecule has 1 unspecified atom stereocenters. The largest absolute Gasteiger partial charge is 0.375 e. The molecular weight excluding hydrogens is 602 g/mol. The van der Waals surface area contributed by atoms with E-state index in [1.54, 1.807) is 32.4 Å². The number of aromatic nitrogens is 3. The van der Waals surface area contributed by atoms with Crippen LogP contribution in [-0.2, 0) is 10.4 Å². The van der Waals surface area contributed by atoms with Crippen LogP contribution in [0.4, 0.5) is 17.2 Å². The van der Waals surface area contributed by atoms with E-state index in [9.17, 15) is 14.7 Å². The van der Waals surface area contributed by atoms with Gasteiger partial charge in [-0.05, 0) is 89.9 Å². The first-order valence-electron chi connectivity index (χ1n) is 16.2. The van der Waals surface area contributed by atoms with Gasteiger partial charge in [0.25, 0.3) is 11.8 Å². The molecular formula is C35H40ClN7O3. The van der Waals surface area contributed by atoms with Crippen molar-refractivity contribution in [2.24, 2.45) is 0 Å². The maximum atomic E-state index is 13.7. The van der Waals surface area contributed by atoms with E-state index >= 15 is 0 Å². The van der Waals surface area contributed by atoms with E-state index in [4.69, 9.17) is 21.6 Å². The molecule has 11 heteroatoms. The molecule has 4 aromatic rings. The first-order valence-corrected chi connectivity index (χ1v) is 16.6. The molecule has 0 bridgehead atoms. The van der Waals surface area contributed by atoms with Crippen LogP contribution in [0.15, 0.2) is 48.8 Å². The van der Waals surface area contributed by atoms with Crippen LogP contribution >= 0.6 is 11.6 Å². The molecule has 2 aromatic heterocycles. The van der Waals surface area contributed by atoms with E-state index in [-0.39, 0.29) is 23.9 Å². The predicted molar refractivity (Wildman–Crippen MR) is 181 cm³/mol. The number of imidazole rings is 1. The number of nitrogens with zero attached hydrogens (tertiary/aromatic N) is 5. The summed E-state index contributed by atoms with van der Waals surface area (Å²) >= 11 is 6.33. The lowest BCUT2D eigenvalue weighted by atomic mass is 9.83. The third-order valence-electron chi connectivity index (χ3n) is 9.88. The summed E-state index contributed by atoms with van der Waals surface area (Å²) in [5.74, 6) is 0.0279. The fourth-order valence-corrected chi connectivity index (χ4v) is 7.41. The number of carbonyl (C=O) groups is 2. The van der Waals surface area contributed by atoms with Gasteiger partial charge in [-0.15, -0.1) is 0 Å². The molecule has 2 fully saturated rings. The highest BCUT2D eigenvalue weighted by Crippen LogP contribution is 2.47. The van der Waals surface area contributed by atoms with Gasteiger partial charge in [0.1, 0.15) is 5.52 Å². The molecule has 46 heavy (non-hydrogen) atoms. The summed E-state index contributed by atoms with van der Waals surface area (Å²) in [5, 5.41) is 17.8. The Bertz CT molecular complexity index is 1840. The first kappa shape index (κ1) is 30.7. The average molecular weight is 642 g/mol. The van der Waals surface area contributed by atoms with Crippen LogP contribution < -0.4 is 15.5 Å². The van der Waals surface area contributed by atoms with Gasteiger partial charge >= 0.3 is 0 Å². The van der Waals surface area contributed by atoms with Crippen molar-refractivity contribution >= 4 is 51.6 Å². The van der Waals surface area contributed by atoms with E-state index in [2.05, 4.69) is 33.9 Å². The van der Waals surface area contributed by atoms with E-state index in [1.165, 1.54) is 19.3 Å². The Morgan fingerprint density at radius 1 is 1.07 bits per heavy atom. The highest BCUT2D eigenvalue weighted by Gasteiger charge is 2.51. The number of fused-ring (bicyclic) bond motifs is 2. The van der Waals surface area contributed by atoms with Crippen molar-refractivity contribution in [1.29, 1.82) is 0 Å². The number of amides is 2. The van der Waals surface area contributed by atoms with Gasteiger partial charge in [-0.2, -0.15) is 0 Å². The van der Waals surface area contributed by atoms with Crippen molar-refractivity contribution in [3.63, 3.8) is 0 Å². The van der Waals surface area contributed by atoms with Crippen LogP contribution in [-0.4, -0.2) is 68.6 Å². The molecule has 3 aliphatic rings. The second kappa shape index (κ2) is 11.7. The number of nitrogens with one attached hydrogen (secondary N) is 2. The maximum absolute atomic E-state index is 13.7. The zero-order valence-corrected chi connectivity index (χ0v) is 27.4. The van der Waals surface area contributed by atoms with Crippen molar-refractivity contribution in [3.8, 4) is 11.3 Å². The zero-order valence-electron chi connectivity index (χ0n) is 26.7. The highest BCUT2D eigenvalue weighted by molar-refractivity contribution is 6.34. The van der Waals surface area contributed by atoms with Gasteiger partial charge in [0.15, 0.2) is 11.4 Å². The number of aliphatic hydroxyl groups is 1. The van der Waals surface area contributed by atoms with Crippen molar-refractivity contribution in [1.82, 2.24) is 24.8 Å². The summed E-state index contributed by atoms with van der Waals surface area (Å²) in [6, 6.07) is 13.5. The Morgan fingerprint density at radius 3 is 2.54 bits per heavy atom. The first-order chi connectivity index (χ1) is 22.1. The number of halogens is 1. The van der Waals surface area contributed by atoms with Crippen LogP contribution in [0.1, 0.15) is 74.8 Å². The summed E-state index contributed by atoms with van der Waals surface area (Å²) < 4.78 is 2.06. The molecule has 2 aromatic carbocycles. The Kier molecular flexibility index (Phi) is 7.77. The molecule has 3 N–H and O–H groups in total. The fraction of sp³-hybridized carbons (Fsp3) is 0.429. The molecule has 10 nitrogen and oxygen atoms in total. The number of pyridine rings is 1. The van der Waals surface area contributed by atoms with E-state index in [0.29, 0.717) is 39.4 Å². The van der Waals surface area contributed by atoms with Crippen molar-refractivity contribution in [2.45, 2.75) is 76.6 Å². The average Bonchev–Trinajstić information content (AvgIpc) is 3.55. The summed E-state index contributed by atoms with van der Waals surface area (Å²) in [6.07, 6.45) is 7.40. The Hall–Kier alpha value is -3.99. The molecule has 1 atom stereocenters. The number of carbonyl (C=O) groups excluding carboxylic acids is 2. The molecule has 1 aliphatic carbocycles. The molecule has 2 aliphatic heterocycles. The molecule has 7 rings (SSSR count). The quantitative estimate of drug-likeness (QED) is 0.226. The smallest absolute Gasteiger partial charge is 0.263 e. The second-order valence-electron chi connectivity index (χ2n) is 13.2. The van der Waals surface area contributed by atoms with Crippen LogP contribution in [0.2, 0.25) is 5.02 Å².